The van der Waals surface area contributed by atoms with Crippen LogP contribution in [-0.2, 0) is 19.6 Å². The monoisotopic (exact) mass is 322 g/mol. The summed E-state index contributed by atoms with van der Waals surface area (Å²) < 4.78 is 65.7. The number of alkyl halides is 3. The van der Waals surface area contributed by atoms with E-state index in [1.165, 1.54) is 6.92 Å². The third-order valence-corrected chi connectivity index (χ3v) is 1.62. The van der Waals surface area contributed by atoms with E-state index in [0.29, 0.717) is 0 Å². The maximum absolute atomic E-state index is 10.7. The topological polar surface area (TPSA) is 147 Å². The second kappa shape index (κ2) is 9.70. The quantitative estimate of drug-likeness (QED) is 0.239. The van der Waals surface area contributed by atoms with Crippen molar-refractivity contribution in [2.45, 2.75) is 18.5 Å². The summed E-state index contributed by atoms with van der Waals surface area (Å²) in [5.41, 5.74) is -5.53. The van der Waals surface area contributed by atoms with Crippen LogP contribution in [0.3, 0.4) is 0 Å². The molecule has 1 atom stereocenters. The van der Waals surface area contributed by atoms with Crippen LogP contribution in [0, 0.1) is 0 Å². The van der Waals surface area contributed by atoms with Crippen molar-refractivity contribution in [1.29, 1.82) is 0 Å². The van der Waals surface area contributed by atoms with Gasteiger partial charge in [-0.15, -0.1) is 0 Å². The second-order valence-electron chi connectivity index (χ2n) is 2.69. The number of halogens is 3. The van der Waals surface area contributed by atoms with Crippen molar-refractivity contribution >= 4 is 22.4 Å². The molecule has 116 valence electrons. The summed E-state index contributed by atoms with van der Waals surface area (Å²) in [6.45, 7) is 1.10. The molecule has 0 heterocycles. The van der Waals surface area contributed by atoms with Gasteiger partial charge in [-0.25, -0.2) is 9.59 Å². The van der Waals surface area contributed by atoms with Gasteiger partial charge in [-0.1, -0.05) is 0 Å². The fourth-order valence-corrected chi connectivity index (χ4v) is 0.395. The molecule has 3 N–H and O–H groups in total. The van der Waals surface area contributed by atoms with Gasteiger partial charge in [0.1, 0.15) is 12.7 Å². The molecule has 0 aromatic heterocycles. The van der Waals surface area contributed by atoms with E-state index in [4.69, 9.17) is 23.2 Å². The van der Waals surface area contributed by atoms with Gasteiger partial charge in [-0.05, 0) is 6.92 Å². The molecule has 0 saturated carbocycles. The Kier molecular flexibility index (Phi) is 11.6. The van der Waals surface area contributed by atoms with E-state index >= 15 is 0 Å². The van der Waals surface area contributed by atoms with Crippen LogP contribution >= 0.6 is 0 Å². The van der Waals surface area contributed by atoms with Crippen molar-refractivity contribution in [2.24, 2.45) is 0 Å². The van der Waals surface area contributed by atoms with Crippen LogP contribution < -0.4 is 18.9 Å². The maximum atomic E-state index is 10.7. The molecule has 1 unspecified atom stereocenters. The zero-order chi connectivity index (χ0) is 15.9. The Morgan fingerprint density at radius 3 is 1.80 bits per heavy atom. The van der Waals surface area contributed by atoms with Crippen LogP contribution in [0.5, 0.6) is 0 Å². The standard InChI is InChI=1S/C5H8O6.CHF3O3S.Li.H/c1-3(11-5(8)9)2-10-4(6)7;2-1(3,4)8(5,6)7;;/h3H,2H2,1H3,(H,6,7)(H,8,9);(H,5,6,7);;/q;;+1;-1. The molecule has 0 aromatic rings. The molecule has 14 heteroatoms. The van der Waals surface area contributed by atoms with Crippen LogP contribution in [-0.4, -0.2) is 53.7 Å². The van der Waals surface area contributed by atoms with Crippen LogP contribution in [0.15, 0.2) is 0 Å². The number of hydrogen-bond acceptors (Lipinski definition) is 6. The Bertz CT molecular complexity index is 412. The Morgan fingerprint density at radius 2 is 1.60 bits per heavy atom. The molecule has 0 radical (unpaired) electrons. The van der Waals surface area contributed by atoms with Gasteiger partial charge in [0.2, 0.25) is 0 Å². The van der Waals surface area contributed by atoms with Gasteiger partial charge in [0.25, 0.3) is 0 Å². The molecule has 9 nitrogen and oxygen atoms in total. The van der Waals surface area contributed by atoms with Gasteiger partial charge in [-0.2, -0.15) is 21.6 Å². The first-order chi connectivity index (χ1) is 8.27. The van der Waals surface area contributed by atoms with Gasteiger partial charge in [-0.3, -0.25) is 4.55 Å². The van der Waals surface area contributed by atoms with Crippen LogP contribution in [0.4, 0.5) is 22.8 Å². The predicted octanol–water partition coefficient (Wildman–Crippen LogP) is -1.73. The fraction of sp³-hybridized carbons (Fsp3) is 0.667. The van der Waals surface area contributed by atoms with Crippen molar-refractivity contribution in [1.82, 2.24) is 0 Å². The van der Waals surface area contributed by atoms with Crippen LogP contribution in [0.2, 0.25) is 0 Å². The van der Waals surface area contributed by atoms with Crippen molar-refractivity contribution in [3.05, 3.63) is 0 Å². The molecule has 0 rings (SSSR count). The Labute approximate surface area is 124 Å². The number of rotatable bonds is 3. The molecule has 0 saturated heterocycles. The third kappa shape index (κ3) is 14.9. The second-order valence-corrected chi connectivity index (χ2v) is 4.11. The summed E-state index contributed by atoms with van der Waals surface area (Å²) in [6, 6.07) is 0. The minimum Gasteiger partial charge on any atom is -1.00 e. The molecule has 0 aliphatic rings. The van der Waals surface area contributed by atoms with Crippen LogP contribution in [0.1, 0.15) is 8.35 Å². The van der Waals surface area contributed by atoms with Crippen molar-refractivity contribution in [2.75, 3.05) is 6.61 Å². The van der Waals surface area contributed by atoms with Gasteiger partial charge in [0.05, 0.1) is 0 Å². The van der Waals surface area contributed by atoms with E-state index in [1.54, 1.807) is 0 Å². The minimum atomic E-state index is -5.84. The summed E-state index contributed by atoms with van der Waals surface area (Å²) in [4.78, 5) is 19.6. The summed E-state index contributed by atoms with van der Waals surface area (Å²) in [6.07, 6.45) is -3.68. The van der Waals surface area contributed by atoms with E-state index in [1.807, 2.05) is 0 Å². The first-order valence-corrected chi connectivity index (χ1v) is 5.50. The summed E-state index contributed by atoms with van der Waals surface area (Å²) in [5, 5.41) is 16.0. The maximum Gasteiger partial charge on any atom is 1.00 e. The molecule has 0 aromatic carbocycles. The fourth-order valence-electron chi connectivity index (χ4n) is 0.395. The molecule has 0 fully saturated rings. The number of hydrogen-bond donors (Lipinski definition) is 3. The molecule has 0 aliphatic heterocycles. The van der Waals surface area contributed by atoms with E-state index in [-0.39, 0.29) is 26.9 Å². The predicted molar refractivity (Wildman–Crippen MR) is 51.3 cm³/mol. The molecule has 0 amide bonds. The Balaban J connectivity index is -0.000000131. The van der Waals surface area contributed by atoms with Gasteiger partial charge < -0.3 is 21.1 Å². The molecule has 0 bridgehead atoms. The minimum absolute atomic E-state index is 0. The van der Waals surface area contributed by atoms with E-state index < -0.39 is 34.0 Å². The third-order valence-electron chi connectivity index (χ3n) is 1.04. The molecular weight excluding hydrogens is 312 g/mol. The largest absolute Gasteiger partial charge is 1.00 e. The summed E-state index contributed by atoms with van der Waals surface area (Å²) in [5.74, 6) is 0. The smallest absolute Gasteiger partial charge is 1.00 e. The van der Waals surface area contributed by atoms with E-state index in [2.05, 4.69) is 9.47 Å². The summed E-state index contributed by atoms with van der Waals surface area (Å²) >= 11 is 0. The number of carboxylic acid groups (broad SMARTS) is 2. The Morgan fingerprint density at radius 1 is 1.25 bits per heavy atom. The van der Waals surface area contributed by atoms with E-state index in [0.717, 1.165) is 0 Å². The zero-order valence-corrected chi connectivity index (χ0v) is 10.9. The van der Waals surface area contributed by atoms with Crippen LogP contribution in [0.25, 0.3) is 0 Å². The Hall–Kier alpha value is -1.16. The van der Waals surface area contributed by atoms with Crippen molar-refractivity contribution in [3.63, 3.8) is 0 Å². The van der Waals surface area contributed by atoms with E-state index in [9.17, 15) is 22.8 Å². The normalized spacial score (nSPS) is 12.1. The van der Waals surface area contributed by atoms with Crippen molar-refractivity contribution in [3.8, 4) is 0 Å². The average molecular weight is 322 g/mol. The molecule has 20 heavy (non-hydrogen) atoms. The van der Waals surface area contributed by atoms with Gasteiger partial charge >= 0.3 is 46.8 Å². The SMILES string of the molecule is CC(COC(=O)O)OC(=O)O.O=S(=O)(O)C(F)(F)F.[H-].[Li+]. The number of ether oxygens (including phenoxy) is 2. The molecule has 0 aliphatic carbocycles. The molecule has 0 spiro atoms. The first kappa shape index (κ1) is 23.9. The zero-order valence-electron chi connectivity index (χ0n) is 11.1. The first-order valence-electron chi connectivity index (χ1n) is 4.06. The van der Waals surface area contributed by atoms with Gasteiger partial charge in [0.15, 0.2) is 0 Å². The van der Waals surface area contributed by atoms with Gasteiger partial charge in [0, 0.05) is 0 Å². The number of carbonyl (C=O) groups is 2. The van der Waals surface area contributed by atoms with Crippen molar-refractivity contribution < 1.29 is 75.7 Å². The summed E-state index contributed by atoms with van der Waals surface area (Å²) in [7, 11) is -5.84. The molecular formula is C6H10F3LiO9S. The average Bonchev–Trinajstić information content (AvgIpc) is 2.11.